The molecule has 2 rings (SSSR count). The molecule has 2 heteroatoms. The molecule has 1 aliphatic carbocycles. The molecule has 1 aromatic carbocycles. The van der Waals surface area contributed by atoms with Crippen molar-refractivity contribution in [3.8, 4) is 5.75 Å². The van der Waals surface area contributed by atoms with E-state index in [9.17, 15) is 0 Å². The Morgan fingerprint density at radius 1 is 1.35 bits per heavy atom. The van der Waals surface area contributed by atoms with E-state index in [0.717, 1.165) is 5.75 Å². The Kier molecular flexibility index (Phi) is 3.85. The molecule has 0 aliphatic heterocycles. The second kappa shape index (κ2) is 5.37. The standard InChI is InChI=1S/C15H21NO/c1-4-11(2)16-14-9-13(10-14)12-5-7-15(17-3)8-6-12/h4-8,11,13-14,16H,1,9-10H2,2-3H3. The third kappa shape index (κ3) is 2.89. The van der Waals surface area contributed by atoms with Gasteiger partial charge in [-0.15, -0.1) is 6.58 Å². The molecule has 1 atom stereocenters. The van der Waals surface area contributed by atoms with E-state index in [1.54, 1.807) is 7.11 Å². The van der Waals surface area contributed by atoms with Crippen LogP contribution in [0, 0.1) is 0 Å². The lowest BCUT2D eigenvalue weighted by Crippen LogP contribution is -2.43. The molecule has 1 aliphatic rings. The highest BCUT2D eigenvalue weighted by Gasteiger charge is 2.30. The van der Waals surface area contributed by atoms with Gasteiger partial charge >= 0.3 is 0 Å². The van der Waals surface area contributed by atoms with Gasteiger partial charge in [0.25, 0.3) is 0 Å². The summed E-state index contributed by atoms with van der Waals surface area (Å²) in [7, 11) is 1.70. The minimum Gasteiger partial charge on any atom is -0.497 e. The van der Waals surface area contributed by atoms with Gasteiger partial charge in [-0.2, -0.15) is 0 Å². The zero-order valence-corrected chi connectivity index (χ0v) is 10.6. The van der Waals surface area contributed by atoms with E-state index in [1.807, 2.05) is 18.2 Å². The first-order valence-corrected chi connectivity index (χ1v) is 6.25. The summed E-state index contributed by atoms with van der Waals surface area (Å²) in [5.41, 5.74) is 1.43. The summed E-state index contributed by atoms with van der Waals surface area (Å²) < 4.78 is 5.17. The highest BCUT2D eigenvalue weighted by Crippen LogP contribution is 2.37. The fraction of sp³-hybridized carbons (Fsp3) is 0.467. The average molecular weight is 231 g/mol. The molecule has 0 heterocycles. The van der Waals surface area contributed by atoms with Crippen molar-refractivity contribution in [3.05, 3.63) is 42.5 Å². The summed E-state index contributed by atoms with van der Waals surface area (Å²) in [4.78, 5) is 0. The van der Waals surface area contributed by atoms with Crippen LogP contribution in [-0.2, 0) is 0 Å². The van der Waals surface area contributed by atoms with Crippen molar-refractivity contribution in [2.24, 2.45) is 0 Å². The number of benzene rings is 1. The molecule has 17 heavy (non-hydrogen) atoms. The third-order valence-corrected chi connectivity index (χ3v) is 3.58. The summed E-state index contributed by atoms with van der Waals surface area (Å²) in [5.74, 6) is 1.64. The summed E-state index contributed by atoms with van der Waals surface area (Å²) >= 11 is 0. The van der Waals surface area contributed by atoms with Crippen LogP contribution in [0.3, 0.4) is 0 Å². The van der Waals surface area contributed by atoms with E-state index in [-0.39, 0.29) is 0 Å². The van der Waals surface area contributed by atoms with E-state index in [2.05, 4.69) is 31.0 Å². The van der Waals surface area contributed by atoms with Crippen LogP contribution in [0.5, 0.6) is 5.75 Å². The van der Waals surface area contributed by atoms with Gasteiger partial charge in [0.15, 0.2) is 0 Å². The molecule has 1 aromatic rings. The largest absolute Gasteiger partial charge is 0.497 e. The van der Waals surface area contributed by atoms with E-state index in [0.29, 0.717) is 18.0 Å². The second-order valence-corrected chi connectivity index (χ2v) is 4.83. The molecule has 0 radical (unpaired) electrons. The van der Waals surface area contributed by atoms with Gasteiger partial charge in [-0.1, -0.05) is 18.2 Å². The van der Waals surface area contributed by atoms with Crippen LogP contribution < -0.4 is 10.1 Å². The van der Waals surface area contributed by atoms with Crippen molar-refractivity contribution in [1.82, 2.24) is 5.32 Å². The third-order valence-electron chi connectivity index (χ3n) is 3.58. The molecule has 92 valence electrons. The maximum Gasteiger partial charge on any atom is 0.118 e. The first-order chi connectivity index (χ1) is 8.22. The fourth-order valence-electron chi connectivity index (χ4n) is 2.34. The van der Waals surface area contributed by atoms with Gasteiger partial charge < -0.3 is 10.1 Å². The Hall–Kier alpha value is -1.28. The lowest BCUT2D eigenvalue weighted by molar-refractivity contribution is 0.282. The Balaban J connectivity index is 1.84. The van der Waals surface area contributed by atoms with Gasteiger partial charge in [0, 0.05) is 12.1 Å². The van der Waals surface area contributed by atoms with Gasteiger partial charge in [0.05, 0.1) is 7.11 Å². The summed E-state index contributed by atoms with van der Waals surface area (Å²) in [6, 6.07) is 9.50. The van der Waals surface area contributed by atoms with Crippen LogP contribution >= 0.6 is 0 Å². The molecule has 1 unspecified atom stereocenters. The molecule has 1 fully saturated rings. The van der Waals surface area contributed by atoms with Crippen molar-refractivity contribution in [3.63, 3.8) is 0 Å². The number of methoxy groups -OCH3 is 1. The Bertz CT molecular complexity index is 365. The van der Waals surface area contributed by atoms with Crippen LogP contribution in [0.25, 0.3) is 0 Å². The average Bonchev–Trinajstić information content (AvgIpc) is 2.33. The molecule has 0 saturated heterocycles. The minimum atomic E-state index is 0.414. The van der Waals surface area contributed by atoms with Crippen molar-refractivity contribution >= 4 is 0 Å². The molecular formula is C15H21NO. The Morgan fingerprint density at radius 2 is 2.00 bits per heavy atom. The monoisotopic (exact) mass is 231 g/mol. The predicted octanol–water partition coefficient (Wildman–Crippen LogP) is 3.11. The highest BCUT2D eigenvalue weighted by molar-refractivity contribution is 5.30. The second-order valence-electron chi connectivity index (χ2n) is 4.83. The molecule has 0 spiro atoms. The molecule has 1 saturated carbocycles. The van der Waals surface area contributed by atoms with Crippen molar-refractivity contribution in [1.29, 1.82) is 0 Å². The topological polar surface area (TPSA) is 21.3 Å². The van der Waals surface area contributed by atoms with Crippen molar-refractivity contribution < 1.29 is 4.74 Å². The van der Waals surface area contributed by atoms with Gasteiger partial charge in [-0.25, -0.2) is 0 Å². The number of hydrogen-bond donors (Lipinski definition) is 1. The Labute approximate surface area is 104 Å². The lowest BCUT2D eigenvalue weighted by atomic mass is 9.75. The molecular weight excluding hydrogens is 210 g/mol. The normalized spacial score (nSPS) is 24.8. The predicted molar refractivity (Wildman–Crippen MR) is 71.6 cm³/mol. The first-order valence-electron chi connectivity index (χ1n) is 6.25. The van der Waals surface area contributed by atoms with E-state index in [1.165, 1.54) is 18.4 Å². The molecule has 1 N–H and O–H groups in total. The van der Waals surface area contributed by atoms with Crippen LogP contribution in [0.4, 0.5) is 0 Å². The number of nitrogens with one attached hydrogen (secondary N) is 1. The van der Waals surface area contributed by atoms with E-state index in [4.69, 9.17) is 4.74 Å². The summed E-state index contributed by atoms with van der Waals surface area (Å²) in [6.45, 7) is 5.94. The number of ether oxygens (including phenoxy) is 1. The smallest absolute Gasteiger partial charge is 0.118 e. The minimum absolute atomic E-state index is 0.414. The Morgan fingerprint density at radius 3 is 2.53 bits per heavy atom. The van der Waals surface area contributed by atoms with Crippen LogP contribution in [0.2, 0.25) is 0 Å². The van der Waals surface area contributed by atoms with Gasteiger partial charge in [-0.05, 0) is 43.4 Å². The van der Waals surface area contributed by atoms with Crippen LogP contribution in [-0.4, -0.2) is 19.2 Å². The quantitative estimate of drug-likeness (QED) is 0.786. The van der Waals surface area contributed by atoms with Gasteiger partial charge in [0.2, 0.25) is 0 Å². The van der Waals surface area contributed by atoms with E-state index >= 15 is 0 Å². The molecule has 2 nitrogen and oxygen atoms in total. The number of rotatable bonds is 5. The van der Waals surface area contributed by atoms with Crippen molar-refractivity contribution in [2.45, 2.75) is 37.8 Å². The van der Waals surface area contributed by atoms with Crippen LogP contribution in [0.15, 0.2) is 36.9 Å². The molecule has 0 aromatic heterocycles. The summed E-state index contributed by atoms with van der Waals surface area (Å²) in [6.07, 6.45) is 4.41. The zero-order valence-electron chi connectivity index (χ0n) is 10.6. The van der Waals surface area contributed by atoms with Crippen molar-refractivity contribution in [2.75, 3.05) is 7.11 Å². The van der Waals surface area contributed by atoms with Gasteiger partial charge in [0.1, 0.15) is 5.75 Å². The first kappa shape index (κ1) is 12.2. The van der Waals surface area contributed by atoms with Crippen LogP contribution in [0.1, 0.15) is 31.2 Å². The lowest BCUT2D eigenvalue weighted by Gasteiger charge is -2.37. The molecule has 0 amide bonds. The maximum atomic E-state index is 5.17. The highest BCUT2D eigenvalue weighted by atomic mass is 16.5. The number of hydrogen-bond acceptors (Lipinski definition) is 2. The van der Waals surface area contributed by atoms with E-state index < -0.39 is 0 Å². The summed E-state index contributed by atoms with van der Waals surface area (Å²) in [5, 5.41) is 3.55. The fourth-order valence-corrected chi connectivity index (χ4v) is 2.34. The zero-order chi connectivity index (χ0) is 12.3. The van der Waals surface area contributed by atoms with Gasteiger partial charge in [-0.3, -0.25) is 0 Å². The SMILES string of the molecule is C=CC(C)NC1CC(c2ccc(OC)cc2)C1. The molecule has 0 bridgehead atoms. The maximum absolute atomic E-state index is 5.17.